The smallest absolute Gasteiger partial charge is 0.326 e. The Morgan fingerprint density at radius 3 is 2.63 bits per heavy atom. The molecular weight excluding hydrogens is 447 g/mol. The normalized spacial score (nSPS) is 11.7. The molecule has 0 saturated carbocycles. The predicted molar refractivity (Wildman–Crippen MR) is 118 cm³/mol. The number of halogens is 2. The lowest BCUT2D eigenvalue weighted by Crippen LogP contribution is -2.24. The lowest BCUT2D eigenvalue weighted by molar-refractivity contribution is -0.143. The van der Waals surface area contributed by atoms with Crippen molar-refractivity contribution >= 4 is 56.6 Å². The van der Waals surface area contributed by atoms with E-state index in [0.29, 0.717) is 20.6 Å². The molecule has 3 rings (SSSR count). The molecule has 0 bridgehead atoms. The monoisotopic (exact) mass is 466 g/mol. The molecule has 1 aromatic heterocycles. The van der Waals surface area contributed by atoms with Crippen LogP contribution in [0, 0.1) is 0 Å². The van der Waals surface area contributed by atoms with Crippen molar-refractivity contribution < 1.29 is 19.1 Å². The molecule has 6 nitrogen and oxygen atoms in total. The number of hydrogen-bond donors (Lipinski definition) is 0. The fourth-order valence-electron chi connectivity index (χ4n) is 2.78. The van der Waals surface area contributed by atoms with Gasteiger partial charge in [-0.3, -0.25) is 9.59 Å². The Hall–Kier alpha value is -2.35. The molecule has 0 fully saturated rings. The second-order valence-corrected chi connectivity index (χ2v) is 8.15. The third-order valence-corrected chi connectivity index (χ3v) is 5.78. The standard InChI is InChI=1S/C21H20Cl2N2O4S/c1-3-13-5-7-16-18(9-13)30-21(25(16)11-20(27)28-4-2)24-19(26)12-29-17-8-6-14(22)10-15(17)23/h5-10H,3-4,11-12H2,1-2H3. The number of rotatable bonds is 7. The topological polar surface area (TPSA) is 69.9 Å². The number of ether oxygens (including phenoxy) is 2. The summed E-state index contributed by atoms with van der Waals surface area (Å²) < 4.78 is 13.2. The lowest BCUT2D eigenvalue weighted by Gasteiger charge is -2.06. The molecule has 0 aliphatic carbocycles. The Balaban J connectivity index is 1.90. The minimum atomic E-state index is -0.499. The second kappa shape index (κ2) is 10.1. The Kier molecular flexibility index (Phi) is 7.53. The van der Waals surface area contributed by atoms with Crippen LogP contribution in [0.5, 0.6) is 5.75 Å². The molecule has 0 radical (unpaired) electrons. The quantitative estimate of drug-likeness (QED) is 0.475. The molecule has 0 spiro atoms. The van der Waals surface area contributed by atoms with Crippen LogP contribution in [0.1, 0.15) is 19.4 Å². The number of carbonyl (C=O) groups is 2. The summed E-state index contributed by atoms with van der Waals surface area (Å²) in [5.74, 6) is -0.552. The van der Waals surface area contributed by atoms with Gasteiger partial charge < -0.3 is 14.0 Å². The molecule has 0 atom stereocenters. The van der Waals surface area contributed by atoms with Crippen molar-refractivity contribution in [2.24, 2.45) is 4.99 Å². The van der Waals surface area contributed by atoms with E-state index >= 15 is 0 Å². The first-order valence-electron chi connectivity index (χ1n) is 9.34. The molecule has 158 valence electrons. The number of aryl methyl sites for hydroxylation is 1. The number of amides is 1. The Morgan fingerprint density at radius 1 is 1.13 bits per heavy atom. The summed E-state index contributed by atoms with van der Waals surface area (Å²) >= 11 is 13.3. The predicted octanol–water partition coefficient (Wildman–Crippen LogP) is 4.64. The minimum absolute atomic E-state index is 0.0324. The van der Waals surface area contributed by atoms with Crippen molar-refractivity contribution in [2.75, 3.05) is 13.2 Å². The maximum Gasteiger partial charge on any atom is 0.326 e. The molecule has 3 aromatic rings. The summed E-state index contributed by atoms with van der Waals surface area (Å²) in [6, 6.07) is 10.7. The highest BCUT2D eigenvalue weighted by atomic mass is 35.5. The Labute approximate surface area is 187 Å². The van der Waals surface area contributed by atoms with Crippen LogP contribution in [0.25, 0.3) is 10.2 Å². The summed E-state index contributed by atoms with van der Waals surface area (Å²) in [4.78, 5) is 29.1. The number of benzene rings is 2. The van der Waals surface area contributed by atoms with Crippen molar-refractivity contribution in [3.05, 3.63) is 56.8 Å². The van der Waals surface area contributed by atoms with Gasteiger partial charge in [-0.2, -0.15) is 4.99 Å². The number of fused-ring (bicyclic) bond motifs is 1. The number of carbonyl (C=O) groups excluding carboxylic acids is 2. The van der Waals surface area contributed by atoms with Crippen molar-refractivity contribution in [3.63, 3.8) is 0 Å². The van der Waals surface area contributed by atoms with Gasteiger partial charge in [0, 0.05) is 5.02 Å². The molecule has 0 N–H and O–H groups in total. The summed E-state index contributed by atoms with van der Waals surface area (Å²) in [6.07, 6.45) is 0.882. The second-order valence-electron chi connectivity index (χ2n) is 6.30. The third kappa shape index (κ3) is 5.41. The van der Waals surface area contributed by atoms with Gasteiger partial charge in [0.05, 0.1) is 21.8 Å². The Bertz CT molecular complexity index is 1150. The summed E-state index contributed by atoms with van der Waals surface area (Å²) in [7, 11) is 0. The van der Waals surface area contributed by atoms with Gasteiger partial charge in [-0.1, -0.05) is 47.5 Å². The average Bonchev–Trinajstić information content (AvgIpc) is 3.03. The van der Waals surface area contributed by atoms with Crippen molar-refractivity contribution in [2.45, 2.75) is 26.8 Å². The van der Waals surface area contributed by atoms with E-state index in [1.807, 2.05) is 18.2 Å². The number of hydrogen-bond acceptors (Lipinski definition) is 5. The van der Waals surface area contributed by atoms with Crippen LogP contribution in [-0.4, -0.2) is 29.7 Å². The molecule has 30 heavy (non-hydrogen) atoms. The Morgan fingerprint density at radius 2 is 1.93 bits per heavy atom. The van der Waals surface area contributed by atoms with E-state index in [4.69, 9.17) is 32.7 Å². The van der Waals surface area contributed by atoms with Crippen LogP contribution in [0.2, 0.25) is 10.0 Å². The van der Waals surface area contributed by atoms with Crippen LogP contribution in [0.3, 0.4) is 0 Å². The summed E-state index contributed by atoms with van der Waals surface area (Å²) in [6.45, 7) is 3.76. The van der Waals surface area contributed by atoms with E-state index < -0.39 is 11.9 Å². The van der Waals surface area contributed by atoms with E-state index in [0.717, 1.165) is 22.2 Å². The van der Waals surface area contributed by atoms with E-state index in [-0.39, 0.29) is 19.8 Å². The SMILES string of the molecule is CCOC(=O)Cn1c(=NC(=O)COc2ccc(Cl)cc2Cl)sc2cc(CC)ccc21. The van der Waals surface area contributed by atoms with Gasteiger partial charge in [0.25, 0.3) is 5.91 Å². The first kappa shape index (κ1) is 22.3. The largest absolute Gasteiger partial charge is 0.482 e. The molecule has 1 heterocycles. The van der Waals surface area contributed by atoms with Gasteiger partial charge >= 0.3 is 5.97 Å². The van der Waals surface area contributed by atoms with Crippen LogP contribution < -0.4 is 9.54 Å². The first-order chi connectivity index (χ1) is 14.4. The van der Waals surface area contributed by atoms with E-state index in [1.165, 1.54) is 17.4 Å². The van der Waals surface area contributed by atoms with Gasteiger partial charge in [0.15, 0.2) is 11.4 Å². The summed E-state index contributed by atoms with van der Waals surface area (Å²) in [5, 5.41) is 0.779. The number of nitrogens with zero attached hydrogens (tertiary/aromatic N) is 2. The highest BCUT2D eigenvalue weighted by Gasteiger charge is 2.13. The maximum absolute atomic E-state index is 12.4. The molecule has 0 aliphatic rings. The lowest BCUT2D eigenvalue weighted by atomic mass is 10.2. The zero-order valence-corrected chi connectivity index (χ0v) is 18.8. The molecular formula is C21H20Cl2N2O4S. The van der Waals surface area contributed by atoms with Crippen molar-refractivity contribution in [1.29, 1.82) is 0 Å². The van der Waals surface area contributed by atoms with Gasteiger partial charge in [0.2, 0.25) is 0 Å². The third-order valence-electron chi connectivity index (χ3n) is 4.21. The first-order valence-corrected chi connectivity index (χ1v) is 10.9. The van der Waals surface area contributed by atoms with Gasteiger partial charge in [-0.15, -0.1) is 0 Å². The molecule has 9 heteroatoms. The molecule has 2 aromatic carbocycles. The fraction of sp³-hybridized carbons (Fsp3) is 0.286. The fourth-order valence-corrected chi connectivity index (χ4v) is 4.36. The van der Waals surface area contributed by atoms with Crippen LogP contribution >= 0.6 is 34.5 Å². The molecule has 0 saturated heterocycles. The van der Waals surface area contributed by atoms with Crippen LogP contribution in [0.15, 0.2) is 41.4 Å². The van der Waals surface area contributed by atoms with E-state index in [1.54, 1.807) is 23.6 Å². The highest BCUT2D eigenvalue weighted by molar-refractivity contribution is 7.16. The number of aromatic nitrogens is 1. The van der Waals surface area contributed by atoms with E-state index in [9.17, 15) is 9.59 Å². The minimum Gasteiger partial charge on any atom is -0.482 e. The highest BCUT2D eigenvalue weighted by Crippen LogP contribution is 2.27. The van der Waals surface area contributed by atoms with Gasteiger partial charge in [0.1, 0.15) is 12.3 Å². The molecule has 1 amide bonds. The van der Waals surface area contributed by atoms with Crippen LogP contribution in [-0.2, 0) is 27.3 Å². The van der Waals surface area contributed by atoms with Gasteiger partial charge in [-0.05, 0) is 49.2 Å². The van der Waals surface area contributed by atoms with Crippen molar-refractivity contribution in [1.82, 2.24) is 4.57 Å². The zero-order chi connectivity index (χ0) is 21.7. The van der Waals surface area contributed by atoms with Gasteiger partial charge in [-0.25, -0.2) is 0 Å². The number of esters is 1. The maximum atomic E-state index is 12.4. The molecule has 0 aliphatic heterocycles. The molecule has 0 unspecified atom stereocenters. The number of thiazole rings is 1. The van der Waals surface area contributed by atoms with E-state index in [2.05, 4.69) is 11.9 Å². The average molecular weight is 467 g/mol. The van der Waals surface area contributed by atoms with Crippen molar-refractivity contribution in [3.8, 4) is 5.75 Å². The zero-order valence-electron chi connectivity index (χ0n) is 16.5. The summed E-state index contributed by atoms with van der Waals surface area (Å²) in [5.41, 5.74) is 1.98. The van der Waals surface area contributed by atoms with Crippen LogP contribution in [0.4, 0.5) is 0 Å².